The monoisotopic (exact) mass is 505 g/mol. The predicted molar refractivity (Wildman–Crippen MR) is 124 cm³/mol. The van der Waals surface area contributed by atoms with Crippen LogP contribution in [0.25, 0.3) is 0 Å². The highest BCUT2D eigenvalue weighted by molar-refractivity contribution is 7.92. The molecule has 2 amide bonds. The Morgan fingerprint density at radius 2 is 1.71 bits per heavy atom. The Morgan fingerprint density at radius 3 is 2.29 bits per heavy atom. The molecule has 0 saturated carbocycles. The minimum Gasteiger partial charge on any atom is -0.357 e. The topological polar surface area (TPSA) is 86.8 Å². The van der Waals surface area contributed by atoms with Crippen LogP contribution in [-0.4, -0.2) is 51.0 Å². The van der Waals surface area contributed by atoms with E-state index in [4.69, 9.17) is 34.8 Å². The zero-order chi connectivity index (χ0) is 23.3. The Balaban J connectivity index is 2.45. The number of sulfonamides is 1. The summed E-state index contributed by atoms with van der Waals surface area (Å²) in [4.78, 5) is 26.8. The Hall–Kier alpha value is -2.00. The minimum atomic E-state index is -3.90. The van der Waals surface area contributed by atoms with E-state index in [0.29, 0.717) is 10.6 Å². The van der Waals surface area contributed by atoms with Crippen molar-refractivity contribution in [3.8, 4) is 0 Å². The van der Waals surface area contributed by atoms with Crippen molar-refractivity contribution in [2.24, 2.45) is 0 Å². The van der Waals surface area contributed by atoms with Gasteiger partial charge in [-0.1, -0.05) is 53.0 Å². The molecule has 0 spiro atoms. The van der Waals surface area contributed by atoms with Gasteiger partial charge in [-0.3, -0.25) is 13.9 Å². The first kappa shape index (κ1) is 25.3. The fraction of sp³-hybridized carbons (Fsp3) is 0.300. The molecule has 2 aromatic rings. The molecule has 2 aromatic carbocycles. The van der Waals surface area contributed by atoms with E-state index >= 15 is 0 Å². The van der Waals surface area contributed by atoms with Crippen molar-refractivity contribution in [2.45, 2.75) is 19.5 Å². The number of hydrogen-bond acceptors (Lipinski definition) is 4. The number of rotatable bonds is 8. The van der Waals surface area contributed by atoms with Gasteiger partial charge in [0.2, 0.25) is 21.8 Å². The largest absolute Gasteiger partial charge is 0.357 e. The Morgan fingerprint density at radius 1 is 1.06 bits per heavy atom. The van der Waals surface area contributed by atoms with E-state index in [1.807, 2.05) is 0 Å². The Labute approximate surface area is 196 Å². The molecule has 0 heterocycles. The molecule has 0 aliphatic heterocycles. The molecule has 0 bridgehead atoms. The molecule has 31 heavy (non-hydrogen) atoms. The van der Waals surface area contributed by atoms with Crippen molar-refractivity contribution in [2.75, 3.05) is 24.2 Å². The smallest absolute Gasteiger partial charge is 0.244 e. The van der Waals surface area contributed by atoms with E-state index in [-0.39, 0.29) is 22.3 Å². The van der Waals surface area contributed by atoms with Crippen molar-refractivity contribution in [3.05, 3.63) is 63.1 Å². The van der Waals surface area contributed by atoms with E-state index in [1.165, 1.54) is 30.1 Å². The summed E-state index contributed by atoms with van der Waals surface area (Å²) >= 11 is 18.4. The number of anilines is 1. The lowest BCUT2D eigenvalue weighted by Gasteiger charge is -2.31. The van der Waals surface area contributed by atoms with E-state index in [2.05, 4.69) is 5.32 Å². The predicted octanol–water partition coefficient (Wildman–Crippen LogP) is 3.58. The molecule has 0 aliphatic rings. The average Bonchev–Trinajstić information content (AvgIpc) is 2.71. The maximum absolute atomic E-state index is 13.3. The normalized spacial score (nSPS) is 12.2. The van der Waals surface area contributed by atoms with Crippen molar-refractivity contribution in [1.29, 1.82) is 0 Å². The van der Waals surface area contributed by atoms with Gasteiger partial charge in [-0.25, -0.2) is 8.42 Å². The van der Waals surface area contributed by atoms with Gasteiger partial charge in [0.15, 0.2) is 0 Å². The molecular weight excluding hydrogens is 485 g/mol. The van der Waals surface area contributed by atoms with Gasteiger partial charge in [-0.15, -0.1) is 0 Å². The maximum atomic E-state index is 13.3. The van der Waals surface area contributed by atoms with Gasteiger partial charge in [0, 0.05) is 23.6 Å². The zero-order valence-electron chi connectivity index (χ0n) is 17.1. The number of amides is 2. The Bertz CT molecular complexity index is 1080. The summed E-state index contributed by atoms with van der Waals surface area (Å²) in [5.74, 6) is -1.02. The number of likely N-dealkylation sites (N-methyl/N-ethyl adjacent to an activating group) is 1. The molecule has 11 heteroatoms. The SMILES string of the molecule is CNC(=O)[C@H](C)N(Cc1ccccc1Cl)C(=O)CN(c1cc(Cl)ccc1Cl)S(C)(=O)=O. The van der Waals surface area contributed by atoms with Gasteiger partial charge in [0.05, 0.1) is 17.0 Å². The second-order valence-electron chi connectivity index (χ2n) is 6.77. The summed E-state index contributed by atoms with van der Waals surface area (Å²) in [6.45, 7) is 0.976. The second kappa shape index (κ2) is 10.5. The summed E-state index contributed by atoms with van der Waals surface area (Å²) in [7, 11) is -2.45. The van der Waals surface area contributed by atoms with Crippen LogP contribution < -0.4 is 9.62 Å². The molecule has 0 radical (unpaired) electrons. The first-order chi connectivity index (χ1) is 14.5. The van der Waals surface area contributed by atoms with E-state index in [9.17, 15) is 18.0 Å². The zero-order valence-corrected chi connectivity index (χ0v) is 20.2. The standard InChI is InChI=1S/C20H22Cl3N3O4S/c1-13(20(28)24-2)25(11-14-6-4-5-7-16(14)22)19(27)12-26(31(3,29)30)18-10-15(21)8-9-17(18)23/h4-10,13H,11-12H2,1-3H3,(H,24,28)/t13-/m0/s1. The van der Waals surface area contributed by atoms with E-state index in [1.54, 1.807) is 31.2 Å². The molecule has 0 aromatic heterocycles. The van der Waals surface area contributed by atoms with Crippen LogP contribution in [0.1, 0.15) is 12.5 Å². The number of nitrogens with zero attached hydrogens (tertiary/aromatic N) is 2. The van der Waals surface area contributed by atoms with Gasteiger partial charge in [0.25, 0.3) is 0 Å². The molecule has 2 rings (SSSR count). The molecule has 0 fully saturated rings. The molecule has 1 N–H and O–H groups in total. The van der Waals surface area contributed by atoms with Crippen LogP contribution >= 0.6 is 34.8 Å². The van der Waals surface area contributed by atoms with Crippen LogP contribution in [-0.2, 0) is 26.2 Å². The number of hydrogen-bond donors (Lipinski definition) is 1. The molecule has 0 unspecified atom stereocenters. The van der Waals surface area contributed by atoms with Crippen LogP contribution in [0.5, 0.6) is 0 Å². The van der Waals surface area contributed by atoms with Crippen LogP contribution in [0.4, 0.5) is 5.69 Å². The van der Waals surface area contributed by atoms with Gasteiger partial charge in [-0.2, -0.15) is 0 Å². The molecule has 0 aliphatic carbocycles. The lowest BCUT2D eigenvalue weighted by molar-refractivity contribution is -0.139. The van der Waals surface area contributed by atoms with Crippen LogP contribution in [0, 0.1) is 0 Å². The fourth-order valence-electron chi connectivity index (χ4n) is 2.87. The highest BCUT2D eigenvalue weighted by Crippen LogP contribution is 2.31. The van der Waals surface area contributed by atoms with Crippen molar-refractivity contribution < 1.29 is 18.0 Å². The van der Waals surface area contributed by atoms with Crippen LogP contribution in [0.3, 0.4) is 0 Å². The van der Waals surface area contributed by atoms with E-state index < -0.39 is 34.4 Å². The summed E-state index contributed by atoms with van der Waals surface area (Å²) in [5.41, 5.74) is 0.676. The number of halogens is 3. The average molecular weight is 507 g/mol. The first-order valence-corrected chi connectivity index (χ1v) is 12.1. The summed E-state index contributed by atoms with van der Waals surface area (Å²) in [5, 5.41) is 3.28. The summed E-state index contributed by atoms with van der Waals surface area (Å²) in [6, 6.07) is 10.3. The highest BCUT2D eigenvalue weighted by Gasteiger charge is 2.30. The lowest BCUT2D eigenvalue weighted by atomic mass is 10.1. The van der Waals surface area contributed by atoms with Gasteiger partial charge in [0.1, 0.15) is 12.6 Å². The third kappa shape index (κ3) is 6.49. The number of carbonyl (C=O) groups excluding carboxylic acids is 2. The quantitative estimate of drug-likeness (QED) is 0.593. The minimum absolute atomic E-state index is 0.00791. The molecule has 7 nitrogen and oxygen atoms in total. The Kier molecular flexibility index (Phi) is 8.59. The number of carbonyl (C=O) groups is 2. The molecule has 1 atom stereocenters. The third-order valence-electron chi connectivity index (χ3n) is 4.57. The molecular formula is C20H22Cl3N3O4S. The summed E-state index contributed by atoms with van der Waals surface area (Å²) in [6.07, 6.45) is 0.956. The van der Waals surface area contributed by atoms with E-state index in [0.717, 1.165) is 10.6 Å². The first-order valence-electron chi connectivity index (χ1n) is 9.13. The van der Waals surface area contributed by atoms with Crippen LogP contribution in [0.2, 0.25) is 15.1 Å². The van der Waals surface area contributed by atoms with Gasteiger partial charge < -0.3 is 10.2 Å². The lowest BCUT2D eigenvalue weighted by Crippen LogP contribution is -2.50. The molecule has 168 valence electrons. The fourth-order valence-corrected chi connectivity index (χ4v) is 4.36. The van der Waals surface area contributed by atoms with Crippen molar-refractivity contribution in [1.82, 2.24) is 10.2 Å². The second-order valence-corrected chi connectivity index (χ2v) is 9.93. The van der Waals surface area contributed by atoms with Crippen LogP contribution in [0.15, 0.2) is 42.5 Å². The van der Waals surface area contributed by atoms with Gasteiger partial charge in [-0.05, 0) is 36.8 Å². The number of nitrogens with one attached hydrogen (secondary N) is 1. The third-order valence-corrected chi connectivity index (χ3v) is 6.62. The van der Waals surface area contributed by atoms with Crippen molar-refractivity contribution in [3.63, 3.8) is 0 Å². The van der Waals surface area contributed by atoms with Gasteiger partial charge >= 0.3 is 0 Å². The highest BCUT2D eigenvalue weighted by atomic mass is 35.5. The summed E-state index contributed by atoms with van der Waals surface area (Å²) < 4.78 is 25.8. The molecule has 0 saturated heterocycles. The van der Waals surface area contributed by atoms with Crippen molar-refractivity contribution >= 4 is 62.3 Å². The maximum Gasteiger partial charge on any atom is 0.244 e. The number of benzene rings is 2.